The van der Waals surface area contributed by atoms with Crippen molar-refractivity contribution < 1.29 is 14.3 Å². The van der Waals surface area contributed by atoms with Gasteiger partial charge in [0.25, 0.3) is 0 Å². The Bertz CT molecular complexity index is 459. The molecule has 1 aromatic rings. The van der Waals surface area contributed by atoms with Crippen LogP contribution in [0.5, 0.6) is 0 Å². The molecule has 1 aliphatic carbocycles. The van der Waals surface area contributed by atoms with Crippen molar-refractivity contribution in [3.63, 3.8) is 0 Å². The number of carbonyl (C=O) groups excluding carboxylic acids is 1. The predicted molar refractivity (Wildman–Crippen MR) is 68.5 cm³/mol. The van der Waals surface area contributed by atoms with E-state index in [1.807, 2.05) is 13.2 Å². The van der Waals surface area contributed by atoms with Crippen molar-refractivity contribution in [3.8, 4) is 0 Å². The van der Waals surface area contributed by atoms with Gasteiger partial charge in [0.05, 0.1) is 12.8 Å². The molecule has 0 spiro atoms. The largest absolute Gasteiger partial charge is 0.459 e. The van der Waals surface area contributed by atoms with Crippen LogP contribution in [-0.2, 0) is 27.7 Å². The molecule has 0 N–H and O–H groups in total. The summed E-state index contributed by atoms with van der Waals surface area (Å²) < 4.78 is 12.9. The van der Waals surface area contributed by atoms with Crippen LogP contribution in [0.3, 0.4) is 0 Å². The highest BCUT2D eigenvalue weighted by Gasteiger charge is 2.53. The highest BCUT2D eigenvalue weighted by Crippen LogP contribution is 2.49. The summed E-state index contributed by atoms with van der Waals surface area (Å²) in [6, 6.07) is 0. The lowest BCUT2D eigenvalue weighted by atomic mass is 9.99. The van der Waals surface area contributed by atoms with Crippen molar-refractivity contribution in [2.45, 2.75) is 37.7 Å². The smallest absolute Gasteiger partial charge is 0.306 e. The fourth-order valence-corrected chi connectivity index (χ4v) is 2.79. The van der Waals surface area contributed by atoms with Crippen molar-refractivity contribution in [2.75, 3.05) is 13.2 Å². The van der Waals surface area contributed by atoms with E-state index >= 15 is 0 Å². The van der Waals surface area contributed by atoms with Crippen molar-refractivity contribution >= 4 is 5.97 Å². The van der Waals surface area contributed by atoms with E-state index in [-0.39, 0.29) is 11.6 Å². The number of hydrogen-bond donors (Lipinski definition) is 0. The summed E-state index contributed by atoms with van der Waals surface area (Å²) in [4.78, 5) is 11.9. The maximum Gasteiger partial charge on any atom is 0.306 e. The first-order chi connectivity index (χ1) is 9.18. The molecule has 3 rings (SSSR count). The molecule has 2 heterocycles. The standard InChI is InChI=1S/C14H20N2O3/c1-16-9-11(8-15-16)2-3-13(17)19-14(5-6-14)12-4-7-18-10-12/h8-9,12H,2-7,10H2,1H3. The van der Waals surface area contributed by atoms with E-state index in [2.05, 4.69) is 5.10 Å². The third-order valence-electron chi connectivity index (χ3n) is 4.11. The Morgan fingerprint density at radius 2 is 2.47 bits per heavy atom. The summed E-state index contributed by atoms with van der Waals surface area (Å²) >= 11 is 0. The molecule has 1 aromatic heterocycles. The molecular weight excluding hydrogens is 244 g/mol. The van der Waals surface area contributed by atoms with Gasteiger partial charge >= 0.3 is 5.97 Å². The maximum atomic E-state index is 11.9. The van der Waals surface area contributed by atoms with Gasteiger partial charge in [-0.1, -0.05) is 0 Å². The average Bonchev–Trinajstić information content (AvgIpc) is 2.84. The molecule has 1 saturated carbocycles. The summed E-state index contributed by atoms with van der Waals surface area (Å²) in [5.41, 5.74) is 0.885. The topological polar surface area (TPSA) is 53.4 Å². The molecule has 1 saturated heterocycles. The number of rotatable bonds is 5. The zero-order valence-corrected chi connectivity index (χ0v) is 11.3. The average molecular weight is 264 g/mol. The highest BCUT2D eigenvalue weighted by atomic mass is 16.6. The molecule has 5 nitrogen and oxygen atoms in total. The monoisotopic (exact) mass is 264 g/mol. The number of ether oxygens (including phenoxy) is 2. The van der Waals surface area contributed by atoms with E-state index in [9.17, 15) is 4.79 Å². The number of aromatic nitrogens is 2. The fourth-order valence-electron chi connectivity index (χ4n) is 2.79. The zero-order chi connectivity index (χ0) is 13.3. The van der Waals surface area contributed by atoms with E-state index in [0.29, 0.717) is 18.8 Å². The van der Waals surface area contributed by atoms with Crippen LogP contribution in [0.4, 0.5) is 0 Å². The van der Waals surface area contributed by atoms with Crippen molar-refractivity contribution in [1.29, 1.82) is 0 Å². The second-order valence-electron chi connectivity index (χ2n) is 5.62. The Morgan fingerprint density at radius 1 is 1.63 bits per heavy atom. The molecule has 5 heteroatoms. The minimum atomic E-state index is -0.192. The van der Waals surface area contributed by atoms with Crippen molar-refractivity contribution in [1.82, 2.24) is 9.78 Å². The molecule has 0 bridgehead atoms. The predicted octanol–water partition coefficient (Wildman–Crippen LogP) is 1.47. The van der Waals surface area contributed by atoms with Crippen LogP contribution >= 0.6 is 0 Å². The fraction of sp³-hybridized carbons (Fsp3) is 0.714. The lowest BCUT2D eigenvalue weighted by molar-refractivity contribution is -0.154. The normalized spacial score (nSPS) is 24.4. The molecule has 104 valence electrons. The molecule has 1 aliphatic heterocycles. The van der Waals surface area contributed by atoms with Gasteiger partial charge < -0.3 is 9.47 Å². The third-order valence-corrected chi connectivity index (χ3v) is 4.11. The summed E-state index contributed by atoms with van der Waals surface area (Å²) in [6.45, 7) is 1.55. The Labute approximate surface area is 112 Å². The van der Waals surface area contributed by atoms with Crippen LogP contribution < -0.4 is 0 Å². The summed E-state index contributed by atoms with van der Waals surface area (Å²) in [5, 5.41) is 4.09. The molecule has 2 aliphatic rings. The SMILES string of the molecule is Cn1cc(CCC(=O)OC2(C3CCOC3)CC2)cn1. The lowest BCUT2D eigenvalue weighted by Crippen LogP contribution is -2.29. The zero-order valence-electron chi connectivity index (χ0n) is 11.3. The number of aryl methyl sites for hydroxylation is 2. The first kappa shape index (κ1) is 12.7. The molecule has 0 radical (unpaired) electrons. The highest BCUT2D eigenvalue weighted by molar-refractivity contribution is 5.70. The Hall–Kier alpha value is -1.36. The summed E-state index contributed by atoms with van der Waals surface area (Å²) in [7, 11) is 1.88. The minimum Gasteiger partial charge on any atom is -0.459 e. The first-order valence-corrected chi connectivity index (χ1v) is 6.95. The molecule has 1 atom stereocenters. The van der Waals surface area contributed by atoms with Gasteiger partial charge in [0, 0.05) is 32.2 Å². The third kappa shape index (κ3) is 2.81. The molecular formula is C14H20N2O3. The van der Waals surface area contributed by atoms with Gasteiger partial charge in [0.2, 0.25) is 0 Å². The van der Waals surface area contributed by atoms with Gasteiger partial charge in [-0.2, -0.15) is 5.10 Å². The van der Waals surface area contributed by atoms with E-state index in [1.165, 1.54) is 0 Å². The summed E-state index contributed by atoms with van der Waals surface area (Å²) in [6.07, 6.45) is 7.89. The van der Waals surface area contributed by atoms with Gasteiger partial charge in [0.1, 0.15) is 5.60 Å². The van der Waals surface area contributed by atoms with Gasteiger partial charge in [0.15, 0.2) is 0 Å². The first-order valence-electron chi connectivity index (χ1n) is 6.95. The van der Waals surface area contributed by atoms with Gasteiger partial charge in [-0.05, 0) is 31.2 Å². The van der Waals surface area contributed by atoms with Gasteiger partial charge in [-0.25, -0.2) is 0 Å². The van der Waals surface area contributed by atoms with Crippen LogP contribution in [-0.4, -0.2) is 34.6 Å². The number of esters is 1. The van der Waals surface area contributed by atoms with Crippen molar-refractivity contribution in [2.24, 2.45) is 13.0 Å². The Kier molecular flexibility index (Phi) is 3.31. The number of carbonyl (C=O) groups is 1. The lowest BCUT2D eigenvalue weighted by Gasteiger charge is -2.21. The molecule has 1 unspecified atom stereocenters. The van der Waals surface area contributed by atoms with Crippen molar-refractivity contribution in [3.05, 3.63) is 18.0 Å². The second-order valence-corrected chi connectivity index (χ2v) is 5.62. The van der Waals surface area contributed by atoms with E-state index in [1.54, 1.807) is 10.9 Å². The van der Waals surface area contributed by atoms with Gasteiger partial charge in [-0.3, -0.25) is 9.48 Å². The second kappa shape index (κ2) is 4.96. The van der Waals surface area contributed by atoms with Crippen LogP contribution in [0, 0.1) is 5.92 Å². The van der Waals surface area contributed by atoms with E-state index in [4.69, 9.17) is 9.47 Å². The van der Waals surface area contributed by atoms with Gasteiger partial charge in [-0.15, -0.1) is 0 Å². The molecule has 0 amide bonds. The number of hydrogen-bond acceptors (Lipinski definition) is 4. The number of nitrogens with zero attached hydrogens (tertiary/aromatic N) is 2. The van der Waals surface area contributed by atoms with Crippen LogP contribution in [0.1, 0.15) is 31.2 Å². The molecule has 19 heavy (non-hydrogen) atoms. The Morgan fingerprint density at radius 3 is 3.05 bits per heavy atom. The van der Waals surface area contributed by atoms with Crippen LogP contribution in [0.2, 0.25) is 0 Å². The maximum absolute atomic E-state index is 11.9. The minimum absolute atomic E-state index is 0.0896. The van der Waals surface area contributed by atoms with E-state index in [0.717, 1.165) is 38.0 Å². The van der Waals surface area contributed by atoms with E-state index < -0.39 is 0 Å². The van der Waals surface area contributed by atoms with Crippen LogP contribution in [0.25, 0.3) is 0 Å². The molecule has 2 fully saturated rings. The van der Waals surface area contributed by atoms with Crippen LogP contribution in [0.15, 0.2) is 12.4 Å². The quantitative estimate of drug-likeness (QED) is 0.756. The summed E-state index contributed by atoms with van der Waals surface area (Å²) in [5.74, 6) is 0.322. The Balaban J connectivity index is 1.48. The molecule has 0 aromatic carbocycles.